The van der Waals surface area contributed by atoms with Crippen LogP contribution in [-0.4, -0.2) is 62.4 Å². The van der Waals surface area contributed by atoms with E-state index in [1.54, 1.807) is 31.4 Å². The van der Waals surface area contributed by atoms with Gasteiger partial charge in [0.1, 0.15) is 12.0 Å². The zero-order valence-corrected chi connectivity index (χ0v) is 14.2. The van der Waals surface area contributed by atoms with E-state index >= 15 is 0 Å². The summed E-state index contributed by atoms with van der Waals surface area (Å²) in [4.78, 5) is 27.0. The summed E-state index contributed by atoms with van der Waals surface area (Å²) in [7, 11) is 5.00. The number of piperidine rings is 1. The van der Waals surface area contributed by atoms with E-state index in [0.717, 1.165) is 6.42 Å². The van der Waals surface area contributed by atoms with E-state index in [4.69, 9.17) is 14.2 Å². The molecule has 1 aromatic rings. The maximum absolute atomic E-state index is 12.4. The van der Waals surface area contributed by atoms with Gasteiger partial charge in [0, 0.05) is 19.6 Å². The predicted molar refractivity (Wildman–Crippen MR) is 86.5 cm³/mol. The van der Waals surface area contributed by atoms with Gasteiger partial charge in [-0.05, 0) is 25.6 Å². The molecule has 0 saturated carbocycles. The molecule has 5 atom stereocenters. The van der Waals surface area contributed by atoms with Crippen LogP contribution in [0.15, 0.2) is 30.3 Å². The molecule has 2 bridgehead atoms. The van der Waals surface area contributed by atoms with Crippen LogP contribution in [0.25, 0.3) is 0 Å². The van der Waals surface area contributed by atoms with E-state index in [0.29, 0.717) is 12.0 Å². The smallest absolute Gasteiger partial charge is 0.338 e. The Labute approximate surface area is 141 Å². The van der Waals surface area contributed by atoms with Crippen molar-refractivity contribution in [3.8, 4) is 0 Å². The fourth-order valence-electron chi connectivity index (χ4n) is 4.03. The minimum absolute atomic E-state index is 0.0653. The van der Waals surface area contributed by atoms with Crippen molar-refractivity contribution >= 4 is 11.9 Å². The molecular weight excluding hydrogens is 310 g/mol. The van der Waals surface area contributed by atoms with Crippen LogP contribution in [-0.2, 0) is 19.0 Å². The van der Waals surface area contributed by atoms with Crippen LogP contribution in [0.3, 0.4) is 0 Å². The van der Waals surface area contributed by atoms with E-state index in [-0.39, 0.29) is 24.2 Å². The molecule has 0 aliphatic carbocycles. The largest absolute Gasteiger partial charge is 0.469 e. The van der Waals surface area contributed by atoms with Crippen LogP contribution in [0.1, 0.15) is 23.2 Å². The van der Waals surface area contributed by atoms with E-state index in [2.05, 4.69) is 4.90 Å². The summed E-state index contributed by atoms with van der Waals surface area (Å²) in [6.45, 7) is 0. The fourth-order valence-corrected chi connectivity index (χ4v) is 4.03. The van der Waals surface area contributed by atoms with Crippen LogP contribution >= 0.6 is 0 Å². The number of carbonyl (C=O) groups excluding carboxylic acids is 2. The molecule has 0 radical (unpaired) electrons. The van der Waals surface area contributed by atoms with Crippen molar-refractivity contribution in [3.63, 3.8) is 0 Å². The first-order chi connectivity index (χ1) is 11.6. The first kappa shape index (κ1) is 16.9. The molecule has 3 rings (SSSR count). The first-order valence-electron chi connectivity index (χ1n) is 8.15. The van der Waals surface area contributed by atoms with E-state index in [1.807, 2.05) is 13.1 Å². The average Bonchev–Trinajstić information content (AvgIpc) is 2.81. The molecule has 6 nitrogen and oxygen atoms in total. The minimum atomic E-state index is -0.545. The Hall–Kier alpha value is -1.92. The molecule has 24 heavy (non-hydrogen) atoms. The van der Waals surface area contributed by atoms with Crippen LogP contribution in [0.4, 0.5) is 0 Å². The highest BCUT2D eigenvalue weighted by molar-refractivity contribution is 5.89. The number of fused-ring (bicyclic) bond motifs is 2. The lowest BCUT2D eigenvalue weighted by Crippen LogP contribution is -2.55. The first-order valence-corrected chi connectivity index (χ1v) is 8.15. The topological polar surface area (TPSA) is 65.1 Å². The summed E-state index contributed by atoms with van der Waals surface area (Å²) in [5, 5.41) is 0. The molecular formula is C18H23NO5. The number of benzene rings is 1. The van der Waals surface area contributed by atoms with Gasteiger partial charge in [-0.25, -0.2) is 4.79 Å². The Morgan fingerprint density at radius 1 is 1.08 bits per heavy atom. The Kier molecular flexibility index (Phi) is 4.87. The van der Waals surface area contributed by atoms with Gasteiger partial charge in [0.05, 0.1) is 24.8 Å². The monoisotopic (exact) mass is 333 g/mol. The van der Waals surface area contributed by atoms with Gasteiger partial charge >= 0.3 is 11.9 Å². The van der Waals surface area contributed by atoms with Crippen molar-refractivity contribution in [1.82, 2.24) is 4.90 Å². The summed E-state index contributed by atoms with van der Waals surface area (Å²) in [5.74, 6) is -1.32. The van der Waals surface area contributed by atoms with Gasteiger partial charge in [-0.1, -0.05) is 18.2 Å². The van der Waals surface area contributed by atoms with Gasteiger partial charge in [-0.15, -0.1) is 0 Å². The van der Waals surface area contributed by atoms with Crippen LogP contribution in [0.2, 0.25) is 0 Å². The van der Waals surface area contributed by atoms with Crippen molar-refractivity contribution in [1.29, 1.82) is 0 Å². The maximum atomic E-state index is 12.4. The Balaban J connectivity index is 1.84. The normalized spacial score (nSPS) is 32.4. The number of hydrogen-bond donors (Lipinski definition) is 0. The minimum Gasteiger partial charge on any atom is -0.469 e. The molecule has 130 valence electrons. The molecule has 1 unspecified atom stereocenters. The van der Waals surface area contributed by atoms with Crippen molar-refractivity contribution < 1.29 is 23.8 Å². The number of hydrogen-bond acceptors (Lipinski definition) is 6. The van der Waals surface area contributed by atoms with Gasteiger partial charge in [-0.2, -0.15) is 0 Å². The lowest BCUT2D eigenvalue weighted by atomic mass is 9.87. The van der Waals surface area contributed by atoms with Crippen LogP contribution in [0.5, 0.6) is 0 Å². The van der Waals surface area contributed by atoms with Crippen LogP contribution in [0, 0.1) is 5.92 Å². The molecule has 2 aliphatic rings. The second kappa shape index (κ2) is 6.91. The standard InChI is InChI=1S/C18H23NO5/c1-19-12-9-13(24-17(20)11-7-5-4-6-8-11)15(18(21)23-3)16(19)14(10-12)22-2/h4-8,12-16H,9-10H2,1-3H3/t12-,13-,14+,15-,16?/m0/s1. The molecule has 0 N–H and O–H groups in total. The number of likely N-dealkylation sites (N-methyl/N-ethyl adjacent to an activating group) is 1. The lowest BCUT2D eigenvalue weighted by molar-refractivity contribution is -0.158. The zero-order valence-electron chi connectivity index (χ0n) is 14.2. The summed E-state index contributed by atoms with van der Waals surface area (Å²) in [6, 6.07) is 8.91. The highest BCUT2D eigenvalue weighted by Gasteiger charge is 2.55. The summed E-state index contributed by atoms with van der Waals surface area (Å²) >= 11 is 0. The molecule has 6 heteroatoms. The SMILES string of the molecule is COC(=O)[C@@H]1C2[C@H](OC)C[C@H](C[C@@H]1OC(=O)c1ccccc1)N2C. The van der Waals surface area contributed by atoms with Gasteiger partial charge in [0.25, 0.3) is 0 Å². The third kappa shape index (κ3) is 2.91. The fraction of sp³-hybridized carbons (Fsp3) is 0.556. The number of carbonyl (C=O) groups is 2. The number of rotatable bonds is 4. The molecule has 0 spiro atoms. The quantitative estimate of drug-likeness (QED) is 0.778. The third-order valence-corrected chi connectivity index (χ3v) is 5.25. The third-order valence-electron chi connectivity index (χ3n) is 5.25. The summed E-state index contributed by atoms with van der Waals surface area (Å²) < 4.78 is 16.3. The van der Waals surface area contributed by atoms with Gasteiger partial charge in [0.2, 0.25) is 0 Å². The van der Waals surface area contributed by atoms with E-state index in [9.17, 15) is 9.59 Å². The van der Waals surface area contributed by atoms with Gasteiger partial charge in [-0.3, -0.25) is 9.69 Å². The number of ether oxygens (including phenoxy) is 3. The summed E-state index contributed by atoms with van der Waals surface area (Å²) in [6.07, 6.45) is 0.858. The molecule has 2 heterocycles. The van der Waals surface area contributed by atoms with Crippen LogP contribution < -0.4 is 0 Å². The Morgan fingerprint density at radius 2 is 1.75 bits per heavy atom. The summed E-state index contributed by atoms with van der Waals surface area (Å²) in [5.41, 5.74) is 0.482. The lowest BCUT2D eigenvalue weighted by Gasteiger charge is -2.41. The molecule has 0 aromatic heterocycles. The second-order valence-electron chi connectivity index (χ2n) is 6.41. The maximum Gasteiger partial charge on any atom is 0.338 e. The van der Waals surface area contributed by atoms with Gasteiger partial charge < -0.3 is 14.2 Å². The highest BCUT2D eigenvalue weighted by atomic mass is 16.6. The molecule has 2 fully saturated rings. The molecule has 2 saturated heterocycles. The Bertz CT molecular complexity index is 605. The van der Waals surface area contributed by atoms with Gasteiger partial charge in [0.15, 0.2) is 0 Å². The number of esters is 2. The number of nitrogens with zero attached hydrogens (tertiary/aromatic N) is 1. The van der Waals surface area contributed by atoms with E-state index < -0.39 is 18.0 Å². The van der Waals surface area contributed by atoms with Crippen molar-refractivity contribution in [3.05, 3.63) is 35.9 Å². The average molecular weight is 333 g/mol. The Morgan fingerprint density at radius 3 is 2.38 bits per heavy atom. The molecule has 2 aliphatic heterocycles. The zero-order chi connectivity index (χ0) is 17.3. The number of methoxy groups -OCH3 is 2. The highest BCUT2D eigenvalue weighted by Crippen LogP contribution is 2.41. The molecule has 1 aromatic carbocycles. The van der Waals surface area contributed by atoms with E-state index in [1.165, 1.54) is 7.11 Å². The van der Waals surface area contributed by atoms with Crippen molar-refractivity contribution in [2.24, 2.45) is 5.92 Å². The predicted octanol–water partition coefficient (Wildman–Crippen LogP) is 1.49. The molecule has 0 amide bonds. The van der Waals surface area contributed by atoms with Crippen molar-refractivity contribution in [2.45, 2.75) is 37.1 Å². The second-order valence-corrected chi connectivity index (χ2v) is 6.41. The van der Waals surface area contributed by atoms with Crippen molar-refractivity contribution in [2.75, 3.05) is 21.3 Å².